The summed E-state index contributed by atoms with van der Waals surface area (Å²) in [5.41, 5.74) is 3.81. The quantitative estimate of drug-likeness (QED) is 0.784. The molecule has 0 aromatic heterocycles. The number of aromatic carboxylic acids is 1. The van der Waals surface area contributed by atoms with Crippen molar-refractivity contribution in [1.29, 1.82) is 0 Å². The van der Waals surface area contributed by atoms with Crippen LogP contribution in [0.15, 0.2) is 48.5 Å². The molecule has 0 heterocycles. The first-order valence-electron chi connectivity index (χ1n) is 7.98. The molecule has 0 aliphatic rings. The van der Waals surface area contributed by atoms with Crippen LogP contribution in [0.2, 0.25) is 0 Å². The number of carboxylic acids is 1. The highest BCUT2D eigenvalue weighted by atomic mass is 16.4. The van der Waals surface area contributed by atoms with Crippen molar-refractivity contribution in [2.45, 2.75) is 26.7 Å². The molecule has 0 saturated carbocycles. The highest BCUT2D eigenvalue weighted by molar-refractivity contribution is 6.06. The minimum atomic E-state index is -1.07. The lowest BCUT2D eigenvalue weighted by Crippen LogP contribution is -2.11. The normalized spacial score (nSPS) is 10.8. The number of benzene rings is 2. The Morgan fingerprint density at radius 1 is 1.08 bits per heavy atom. The third-order valence-electron chi connectivity index (χ3n) is 3.83. The molecule has 2 N–H and O–H groups in total. The van der Waals surface area contributed by atoms with Crippen molar-refractivity contribution in [2.75, 3.05) is 5.32 Å². The van der Waals surface area contributed by atoms with E-state index in [1.807, 2.05) is 6.07 Å². The molecule has 0 atom stereocenters. The number of anilines is 1. The smallest absolute Gasteiger partial charge is 0.337 e. The van der Waals surface area contributed by atoms with Crippen LogP contribution in [0, 0.1) is 0 Å². The maximum atomic E-state index is 12.1. The van der Waals surface area contributed by atoms with Crippen molar-refractivity contribution in [3.05, 3.63) is 70.8 Å². The van der Waals surface area contributed by atoms with Crippen LogP contribution in [0.3, 0.4) is 0 Å². The van der Waals surface area contributed by atoms with Gasteiger partial charge in [0.1, 0.15) is 0 Å². The zero-order valence-electron chi connectivity index (χ0n) is 13.9. The number of carboxylic acid groups (broad SMARTS) is 1. The van der Waals surface area contributed by atoms with Crippen LogP contribution < -0.4 is 5.32 Å². The van der Waals surface area contributed by atoms with Gasteiger partial charge >= 0.3 is 5.97 Å². The van der Waals surface area contributed by atoms with Crippen LogP contribution in [-0.2, 0) is 17.6 Å². The summed E-state index contributed by atoms with van der Waals surface area (Å²) in [4.78, 5) is 23.2. The SMILES string of the molecule is CCc1ccc(/C=C/C(=O)Nc2ccccc2C(=O)O)c(CC)c1. The van der Waals surface area contributed by atoms with Gasteiger partial charge in [0.2, 0.25) is 5.91 Å². The molecule has 0 bridgehead atoms. The summed E-state index contributed by atoms with van der Waals surface area (Å²) in [5, 5.41) is 11.8. The summed E-state index contributed by atoms with van der Waals surface area (Å²) >= 11 is 0. The lowest BCUT2D eigenvalue weighted by molar-refractivity contribution is -0.111. The van der Waals surface area contributed by atoms with E-state index in [1.165, 1.54) is 23.3 Å². The topological polar surface area (TPSA) is 66.4 Å². The second-order valence-electron chi connectivity index (χ2n) is 5.41. The van der Waals surface area contributed by atoms with E-state index in [4.69, 9.17) is 5.11 Å². The first kappa shape index (κ1) is 17.5. The molecule has 0 radical (unpaired) electrons. The molecule has 2 rings (SSSR count). The van der Waals surface area contributed by atoms with E-state index in [-0.39, 0.29) is 17.2 Å². The minimum Gasteiger partial charge on any atom is -0.478 e. The number of hydrogen-bond donors (Lipinski definition) is 2. The third kappa shape index (κ3) is 4.32. The Balaban J connectivity index is 2.16. The Labute approximate surface area is 141 Å². The molecule has 24 heavy (non-hydrogen) atoms. The standard InChI is InChI=1S/C20H21NO3/c1-3-14-9-10-16(15(4-2)13-14)11-12-19(22)21-18-8-6-5-7-17(18)20(23)24/h5-13H,3-4H2,1-2H3,(H,21,22)(H,23,24)/b12-11+. The van der Waals surface area contributed by atoms with E-state index in [1.54, 1.807) is 24.3 Å². The maximum Gasteiger partial charge on any atom is 0.337 e. The monoisotopic (exact) mass is 323 g/mol. The second kappa shape index (κ2) is 8.11. The Hall–Kier alpha value is -2.88. The van der Waals surface area contributed by atoms with Crippen LogP contribution >= 0.6 is 0 Å². The lowest BCUT2D eigenvalue weighted by atomic mass is 10.0. The molecule has 0 aliphatic heterocycles. The molecular formula is C20H21NO3. The Bertz CT molecular complexity index is 778. The molecule has 0 aliphatic carbocycles. The molecule has 4 nitrogen and oxygen atoms in total. The van der Waals surface area contributed by atoms with Gasteiger partial charge in [0.25, 0.3) is 0 Å². The van der Waals surface area contributed by atoms with Gasteiger partial charge in [-0.05, 0) is 47.7 Å². The summed E-state index contributed by atoms with van der Waals surface area (Å²) in [6.07, 6.45) is 5.05. The third-order valence-corrected chi connectivity index (χ3v) is 3.83. The fourth-order valence-corrected chi connectivity index (χ4v) is 2.47. The summed E-state index contributed by atoms with van der Waals surface area (Å²) in [7, 11) is 0. The zero-order chi connectivity index (χ0) is 17.5. The van der Waals surface area contributed by atoms with Crippen molar-refractivity contribution in [3.8, 4) is 0 Å². The van der Waals surface area contributed by atoms with Crippen LogP contribution in [0.25, 0.3) is 6.08 Å². The Morgan fingerprint density at radius 3 is 2.50 bits per heavy atom. The number of hydrogen-bond acceptors (Lipinski definition) is 2. The summed E-state index contributed by atoms with van der Waals surface area (Å²) in [6, 6.07) is 12.5. The fraction of sp³-hybridized carbons (Fsp3) is 0.200. The Kier molecular flexibility index (Phi) is 5.90. The van der Waals surface area contributed by atoms with Gasteiger partial charge < -0.3 is 10.4 Å². The van der Waals surface area contributed by atoms with E-state index >= 15 is 0 Å². The number of carbonyl (C=O) groups excluding carboxylic acids is 1. The molecule has 0 unspecified atom stereocenters. The van der Waals surface area contributed by atoms with Crippen LogP contribution in [0.1, 0.15) is 40.9 Å². The van der Waals surface area contributed by atoms with Gasteiger partial charge in [-0.2, -0.15) is 0 Å². The first-order valence-corrected chi connectivity index (χ1v) is 7.98. The number of amides is 1. The van der Waals surface area contributed by atoms with E-state index in [2.05, 4.69) is 31.3 Å². The minimum absolute atomic E-state index is 0.0702. The molecule has 2 aromatic rings. The number of carbonyl (C=O) groups is 2. The fourth-order valence-electron chi connectivity index (χ4n) is 2.47. The van der Waals surface area contributed by atoms with E-state index in [0.717, 1.165) is 18.4 Å². The molecule has 4 heteroatoms. The van der Waals surface area contributed by atoms with Gasteiger partial charge in [0, 0.05) is 6.08 Å². The van der Waals surface area contributed by atoms with Crippen LogP contribution in [0.4, 0.5) is 5.69 Å². The molecule has 0 saturated heterocycles. The second-order valence-corrected chi connectivity index (χ2v) is 5.41. The summed E-state index contributed by atoms with van der Waals surface area (Å²) in [5.74, 6) is -1.43. The predicted octanol–water partition coefficient (Wildman–Crippen LogP) is 4.16. The van der Waals surface area contributed by atoms with Crippen LogP contribution in [0.5, 0.6) is 0 Å². The predicted molar refractivity (Wildman–Crippen MR) is 96.3 cm³/mol. The maximum absolute atomic E-state index is 12.1. The lowest BCUT2D eigenvalue weighted by Gasteiger charge is -2.07. The van der Waals surface area contributed by atoms with E-state index in [0.29, 0.717) is 0 Å². The van der Waals surface area contributed by atoms with Crippen molar-refractivity contribution in [1.82, 2.24) is 0 Å². The largest absolute Gasteiger partial charge is 0.478 e. The summed E-state index contributed by atoms with van der Waals surface area (Å²) in [6.45, 7) is 4.19. The van der Waals surface area contributed by atoms with Gasteiger partial charge in [0.15, 0.2) is 0 Å². The Morgan fingerprint density at radius 2 is 1.83 bits per heavy atom. The molecule has 2 aromatic carbocycles. The van der Waals surface area contributed by atoms with Gasteiger partial charge in [0.05, 0.1) is 11.3 Å². The number of rotatable bonds is 6. The van der Waals surface area contributed by atoms with E-state index in [9.17, 15) is 9.59 Å². The highest BCUT2D eigenvalue weighted by Crippen LogP contribution is 2.17. The van der Waals surface area contributed by atoms with Crippen LogP contribution in [-0.4, -0.2) is 17.0 Å². The van der Waals surface area contributed by atoms with Gasteiger partial charge in [-0.3, -0.25) is 4.79 Å². The average molecular weight is 323 g/mol. The number of para-hydroxylation sites is 1. The highest BCUT2D eigenvalue weighted by Gasteiger charge is 2.10. The number of nitrogens with one attached hydrogen (secondary N) is 1. The summed E-state index contributed by atoms with van der Waals surface area (Å²) < 4.78 is 0. The number of aryl methyl sites for hydroxylation is 2. The van der Waals surface area contributed by atoms with Crippen molar-refractivity contribution in [3.63, 3.8) is 0 Å². The average Bonchev–Trinajstić information content (AvgIpc) is 2.60. The molecule has 124 valence electrons. The van der Waals surface area contributed by atoms with Crippen molar-refractivity contribution >= 4 is 23.6 Å². The first-order chi connectivity index (χ1) is 11.5. The molecular weight excluding hydrogens is 302 g/mol. The van der Waals surface area contributed by atoms with Crippen molar-refractivity contribution < 1.29 is 14.7 Å². The van der Waals surface area contributed by atoms with Gasteiger partial charge in [-0.1, -0.05) is 44.2 Å². The zero-order valence-corrected chi connectivity index (χ0v) is 13.9. The molecule has 0 spiro atoms. The molecule has 1 amide bonds. The van der Waals surface area contributed by atoms with Crippen molar-refractivity contribution in [2.24, 2.45) is 0 Å². The molecule has 0 fully saturated rings. The van der Waals surface area contributed by atoms with E-state index < -0.39 is 5.97 Å². The van der Waals surface area contributed by atoms with Gasteiger partial charge in [-0.25, -0.2) is 4.79 Å². The van der Waals surface area contributed by atoms with Gasteiger partial charge in [-0.15, -0.1) is 0 Å².